The molecule has 0 fully saturated rings. The smallest absolute Gasteiger partial charge is 0.305 e. The molecule has 18 heavy (non-hydrogen) atoms. The predicted molar refractivity (Wildman–Crippen MR) is 77.1 cm³/mol. The van der Waals surface area contributed by atoms with Crippen LogP contribution in [0.2, 0.25) is 0 Å². The van der Waals surface area contributed by atoms with Gasteiger partial charge in [-0.05, 0) is 31.8 Å². The number of nitrogens with one attached hydrogen (secondary N) is 2. The van der Waals surface area contributed by atoms with Crippen molar-refractivity contribution in [2.75, 3.05) is 18.6 Å². The van der Waals surface area contributed by atoms with Crippen LogP contribution in [-0.2, 0) is 10.0 Å². The van der Waals surface area contributed by atoms with Crippen LogP contribution in [0, 0.1) is 6.92 Å². The first-order valence-corrected chi connectivity index (χ1v) is 9.35. The zero-order valence-corrected chi connectivity index (χ0v) is 12.9. The third-order valence-electron chi connectivity index (χ3n) is 2.34. The van der Waals surface area contributed by atoms with E-state index in [1.165, 1.54) is 0 Å². The molecule has 5 nitrogen and oxygen atoms in total. The van der Waals surface area contributed by atoms with Gasteiger partial charge in [0.05, 0.1) is 0 Å². The lowest BCUT2D eigenvalue weighted by atomic mass is 10.2. The molecule has 0 saturated carbocycles. The molecular formula is C10H18N2O3S3. The van der Waals surface area contributed by atoms with E-state index in [0.29, 0.717) is 12.2 Å². The van der Waals surface area contributed by atoms with E-state index in [9.17, 15) is 13.2 Å². The molecule has 1 aromatic heterocycles. The molecule has 0 aliphatic heterocycles. The van der Waals surface area contributed by atoms with Gasteiger partial charge in [-0.1, -0.05) is 17.8 Å². The fourth-order valence-electron chi connectivity index (χ4n) is 1.47. The van der Waals surface area contributed by atoms with Gasteiger partial charge in [0.1, 0.15) is 0 Å². The van der Waals surface area contributed by atoms with E-state index in [0.717, 1.165) is 36.4 Å². The molecule has 0 spiro atoms. The van der Waals surface area contributed by atoms with Crippen LogP contribution < -0.4 is 9.60 Å². The highest BCUT2D eigenvalue weighted by molar-refractivity contribution is 7.98. The minimum atomic E-state index is -3.53. The van der Waals surface area contributed by atoms with Crippen molar-refractivity contribution in [2.45, 2.75) is 30.4 Å². The predicted octanol–water partition coefficient (Wildman–Crippen LogP) is 1.56. The van der Waals surface area contributed by atoms with Gasteiger partial charge in [0, 0.05) is 12.2 Å². The van der Waals surface area contributed by atoms with Crippen LogP contribution in [-0.4, -0.2) is 32.0 Å². The number of hydrogen-bond acceptors (Lipinski definition) is 5. The molecule has 0 radical (unpaired) electrons. The molecule has 1 rings (SSSR count). The van der Waals surface area contributed by atoms with E-state index in [1.54, 1.807) is 18.7 Å². The van der Waals surface area contributed by atoms with Crippen LogP contribution in [0.1, 0.15) is 25.0 Å². The SMILES string of the molecule is CSCCCCCNS(=O)(=O)c1sc(=O)[nH]c1C. The third kappa shape index (κ3) is 4.75. The number of aryl methyl sites for hydroxylation is 1. The first kappa shape index (κ1) is 15.7. The summed E-state index contributed by atoms with van der Waals surface area (Å²) in [5, 5.41) is 0. The van der Waals surface area contributed by atoms with Crippen molar-refractivity contribution >= 4 is 33.1 Å². The number of hydrogen-bond donors (Lipinski definition) is 2. The summed E-state index contributed by atoms with van der Waals surface area (Å²) < 4.78 is 26.4. The highest BCUT2D eigenvalue weighted by Gasteiger charge is 2.19. The average molecular weight is 310 g/mol. The second kappa shape index (κ2) is 7.32. The summed E-state index contributed by atoms with van der Waals surface area (Å²) in [4.78, 5) is 13.2. The molecule has 1 heterocycles. The second-order valence-corrected chi connectivity index (χ2v) is 7.81. The highest BCUT2D eigenvalue weighted by atomic mass is 32.2. The van der Waals surface area contributed by atoms with Gasteiger partial charge >= 0.3 is 4.87 Å². The molecule has 0 aliphatic rings. The van der Waals surface area contributed by atoms with Crippen LogP contribution in [0.15, 0.2) is 9.00 Å². The van der Waals surface area contributed by atoms with Gasteiger partial charge in [-0.25, -0.2) is 13.1 Å². The van der Waals surface area contributed by atoms with E-state index in [2.05, 4.69) is 16.0 Å². The molecule has 0 saturated heterocycles. The number of sulfonamides is 1. The lowest BCUT2D eigenvalue weighted by Gasteiger charge is -2.05. The fraction of sp³-hybridized carbons (Fsp3) is 0.700. The van der Waals surface area contributed by atoms with Gasteiger partial charge in [-0.15, -0.1) is 0 Å². The molecule has 0 unspecified atom stereocenters. The Morgan fingerprint density at radius 2 is 2.06 bits per heavy atom. The Morgan fingerprint density at radius 1 is 1.33 bits per heavy atom. The minimum Gasteiger partial charge on any atom is -0.315 e. The van der Waals surface area contributed by atoms with E-state index >= 15 is 0 Å². The van der Waals surface area contributed by atoms with Crippen molar-refractivity contribution in [2.24, 2.45) is 0 Å². The molecule has 0 amide bonds. The fourth-order valence-corrected chi connectivity index (χ4v) is 4.38. The Kier molecular flexibility index (Phi) is 6.40. The lowest BCUT2D eigenvalue weighted by molar-refractivity contribution is 0.577. The summed E-state index contributed by atoms with van der Waals surface area (Å²) in [6, 6.07) is 0. The van der Waals surface area contributed by atoms with E-state index in [1.807, 2.05) is 0 Å². The van der Waals surface area contributed by atoms with Gasteiger partial charge in [0.25, 0.3) is 10.0 Å². The third-order valence-corrected chi connectivity index (χ3v) is 6.11. The van der Waals surface area contributed by atoms with Crippen LogP contribution >= 0.6 is 23.1 Å². The normalized spacial score (nSPS) is 11.9. The number of aromatic nitrogens is 1. The summed E-state index contributed by atoms with van der Waals surface area (Å²) in [6.07, 6.45) is 4.97. The summed E-state index contributed by atoms with van der Waals surface area (Å²) >= 11 is 2.52. The maximum atomic E-state index is 11.9. The van der Waals surface area contributed by atoms with E-state index in [-0.39, 0.29) is 9.08 Å². The Morgan fingerprint density at radius 3 is 2.61 bits per heavy atom. The Labute approximate surface area is 115 Å². The number of H-pyrrole nitrogens is 1. The maximum absolute atomic E-state index is 11.9. The first-order chi connectivity index (χ1) is 8.47. The van der Waals surface area contributed by atoms with Crippen LogP contribution in [0.3, 0.4) is 0 Å². The average Bonchev–Trinajstić information content (AvgIpc) is 2.63. The topological polar surface area (TPSA) is 79.0 Å². The summed E-state index contributed by atoms with van der Waals surface area (Å²) in [5.41, 5.74) is 0.403. The summed E-state index contributed by atoms with van der Waals surface area (Å²) in [7, 11) is -3.53. The molecule has 0 aliphatic carbocycles. The molecule has 8 heteroatoms. The standard InChI is InChI=1S/C10H18N2O3S3/c1-8-9(17-10(13)12-8)18(14,15)11-6-4-3-5-7-16-2/h11H,3-7H2,1-2H3,(H,12,13). The molecule has 0 bridgehead atoms. The zero-order chi connectivity index (χ0) is 13.6. The van der Waals surface area contributed by atoms with Crippen molar-refractivity contribution in [1.82, 2.24) is 9.71 Å². The van der Waals surface area contributed by atoms with Crippen LogP contribution in [0.4, 0.5) is 0 Å². The van der Waals surface area contributed by atoms with E-state index in [4.69, 9.17) is 0 Å². The number of rotatable bonds is 8. The van der Waals surface area contributed by atoms with Crippen LogP contribution in [0.5, 0.6) is 0 Å². The summed E-state index contributed by atoms with van der Waals surface area (Å²) in [6.45, 7) is 2.01. The monoisotopic (exact) mass is 310 g/mol. The molecule has 1 aromatic rings. The Balaban J connectivity index is 2.46. The van der Waals surface area contributed by atoms with Crippen molar-refractivity contribution in [3.05, 3.63) is 15.4 Å². The molecule has 2 N–H and O–H groups in total. The summed E-state index contributed by atoms with van der Waals surface area (Å²) in [5.74, 6) is 1.10. The molecule has 104 valence electrons. The van der Waals surface area contributed by atoms with Crippen molar-refractivity contribution in [1.29, 1.82) is 0 Å². The van der Waals surface area contributed by atoms with Gasteiger partial charge < -0.3 is 4.98 Å². The largest absolute Gasteiger partial charge is 0.315 e. The molecule has 0 atom stereocenters. The lowest BCUT2D eigenvalue weighted by Crippen LogP contribution is -2.24. The van der Waals surface area contributed by atoms with Gasteiger partial charge in [0.2, 0.25) is 0 Å². The number of aromatic amines is 1. The first-order valence-electron chi connectivity index (χ1n) is 5.65. The Bertz CT molecular complexity index is 519. The quantitative estimate of drug-likeness (QED) is 0.714. The number of thiazole rings is 1. The van der Waals surface area contributed by atoms with Gasteiger partial charge in [-0.3, -0.25) is 4.79 Å². The van der Waals surface area contributed by atoms with Crippen molar-refractivity contribution < 1.29 is 8.42 Å². The molecular weight excluding hydrogens is 292 g/mol. The van der Waals surface area contributed by atoms with Gasteiger partial charge in [0.15, 0.2) is 4.21 Å². The molecule has 0 aromatic carbocycles. The maximum Gasteiger partial charge on any atom is 0.305 e. The number of thioether (sulfide) groups is 1. The zero-order valence-electron chi connectivity index (χ0n) is 10.5. The van der Waals surface area contributed by atoms with Crippen LogP contribution in [0.25, 0.3) is 0 Å². The van der Waals surface area contributed by atoms with Crippen molar-refractivity contribution in [3.8, 4) is 0 Å². The number of unbranched alkanes of at least 4 members (excludes halogenated alkanes) is 2. The second-order valence-electron chi connectivity index (χ2n) is 3.88. The minimum absolute atomic E-state index is 0.0941. The van der Waals surface area contributed by atoms with Crippen molar-refractivity contribution in [3.63, 3.8) is 0 Å². The van der Waals surface area contributed by atoms with Gasteiger partial charge in [-0.2, -0.15) is 11.8 Å². The van der Waals surface area contributed by atoms with E-state index < -0.39 is 10.0 Å². The Hall–Kier alpha value is -0.310. The highest BCUT2D eigenvalue weighted by Crippen LogP contribution is 2.15.